The zero-order valence-electron chi connectivity index (χ0n) is 18.2. The van der Waals surface area contributed by atoms with Crippen LogP contribution in [0.4, 0.5) is 0 Å². The van der Waals surface area contributed by atoms with Crippen molar-refractivity contribution in [3.8, 4) is 11.4 Å². The van der Waals surface area contributed by atoms with E-state index in [2.05, 4.69) is 10.1 Å². The molecule has 2 aromatic rings. The lowest BCUT2D eigenvalue weighted by Crippen LogP contribution is -2.47. The molecule has 0 N–H and O–H groups in total. The molecule has 4 rings (SSSR count). The number of rotatable bonds is 5. The van der Waals surface area contributed by atoms with E-state index in [-0.39, 0.29) is 11.8 Å². The molecule has 9 heteroatoms. The number of aryl methyl sites for hydroxylation is 1. The molecule has 1 aromatic heterocycles. The molecule has 2 fully saturated rings. The molecule has 0 saturated carbocycles. The number of nitrogens with zero attached hydrogens (tertiary/aromatic N) is 4. The molecule has 8 nitrogen and oxygen atoms in total. The van der Waals surface area contributed by atoms with Crippen LogP contribution >= 0.6 is 0 Å². The van der Waals surface area contributed by atoms with Crippen LogP contribution in [-0.4, -0.2) is 66.1 Å². The highest BCUT2D eigenvalue weighted by molar-refractivity contribution is 7.88. The van der Waals surface area contributed by atoms with Crippen LogP contribution in [-0.2, 0) is 21.2 Å². The number of likely N-dealkylation sites (tertiary alicyclic amines) is 1. The van der Waals surface area contributed by atoms with Gasteiger partial charge < -0.3 is 9.42 Å². The molecular formula is C22H30N4O4S. The summed E-state index contributed by atoms with van der Waals surface area (Å²) in [6.45, 7) is 4.33. The highest BCUT2D eigenvalue weighted by atomic mass is 32.2. The minimum Gasteiger partial charge on any atom is -0.342 e. The first-order valence-corrected chi connectivity index (χ1v) is 12.8. The molecule has 3 heterocycles. The smallest absolute Gasteiger partial charge is 0.227 e. The van der Waals surface area contributed by atoms with E-state index in [1.807, 2.05) is 36.1 Å². The Balaban J connectivity index is 1.34. The average Bonchev–Trinajstić information content (AvgIpc) is 3.21. The molecular weight excluding hydrogens is 416 g/mol. The first-order chi connectivity index (χ1) is 14.8. The summed E-state index contributed by atoms with van der Waals surface area (Å²) in [5.74, 6) is 1.57. The summed E-state index contributed by atoms with van der Waals surface area (Å²) in [4.78, 5) is 19.6. The number of carbonyl (C=O) groups excluding carboxylic acids is 1. The highest BCUT2D eigenvalue weighted by Crippen LogP contribution is 2.27. The molecule has 0 aliphatic carbocycles. The molecule has 31 heavy (non-hydrogen) atoms. The largest absolute Gasteiger partial charge is 0.342 e. The predicted octanol–water partition coefficient (Wildman–Crippen LogP) is 2.50. The summed E-state index contributed by atoms with van der Waals surface area (Å²) in [7, 11) is -3.18. The Bertz CT molecular complexity index is 1030. The second-order valence-electron chi connectivity index (χ2n) is 8.76. The number of sulfonamides is 1. The van der Waals surface area contributed by atoms with Crippen molar-refractivity contribution in [2.75, 3.05) is 32.4 Å². The summed E-state index contributed by atoms with van der Waals surface area (Å²) >= 11 is 0. The minimum atomic E-state index is -3.18. The van der Waals surface area contributed by atoms with E-state index in [9.17, 15) is 13.2 Å². The summed E-state index contributed by atoms with van der Waals surface area (Å²) in [6, 6.07) is 7.96. The number of hydrogen-bond donors (Lipinski definition) is 0. The topological polar surface area (TPSA) is 96.6 Å². The summed E-state index contributed by atoms with van der Waals surface area (Å²) in [6.07, 6.45) is 5.06. The van der Waals surface area contributed by atoms with Crippen LogP contribution < -0.4 is 0 Å². The number of hydrogen-bond acceptors (Lipinski definition) is 6. The Morgan fingerprint density at radius 1 is 1.16 bits per heavy atom. The highest BCUT2D eigenvalue weighted by Gasteiger charge is 2.33. The maximum atomic E-state index is 13.0. The van der Waals surface area contributed by atoms with Gasteiger partial charge in [0.1, 0.15) is 0 Å². The summed E-state index contributed by atoms with van der Waals surface area (Å²) in [5, 5.41) is 4.15. The fourth-order valence-electron chi connectivity index (χ4n) is 4.64. The van der Waals surface area contributed by atoms with Crippen LogP contribution in [0.3, 0.4) is 0 Å². The van der Waals surface area contributed by atoms with E-state index in [4.69, 9.17) is 4.52 Å². The third kappa shape index (κ3) is 5.15. The van der Waals surface area contributed by atoms with Gasteiger partial charge >= 0.3 is 0 Å². The first kappa shape index (κ1) is 22.0. The van der Waals surface area contributed by atoms with Gasteiger partial charge in [-0.05, 0) is 44.1 Å². The molecule has 0 spiro atoms. The van der Waals surface area contributed by atoms with Crippen molar-refractivity contribution in [1.29, 1.82) is 0 Å². The van der Waals surface area contributed by atoms with Crippen molar-refractivity contribution in [3.63, 3.8) is 0 Å². The maximum absolute atomic E-state index is 13.0. The molecule has 0 bridgehead atoms. The second-order valence-corrected chi connectivity index (χ2v) is 10.7. The average molecular weight is 447 g/mol. The monoisotopic (exact) mass is 446 g/mol. The van der Waals surface area contributed by atoms with E-state index >= 15 is 0 Å². The number of aromatic nitrogens is 2. The third-order valence-corrected chi connectivity index (χ3v) is 7.72. The SMILES string of the molecule is Cc1ccccc1-c1noc(C[C@@H]2CCCN(C(=O)C3CCN(S(C)(=O)=O)CC3)C2)n1. The van der Waals surface area contributed by atoms with Gasteiger partial charge in [-0.25, -0.2) is 12.7 Å². The van der Waals surface area contributed by atoms with Crippen molar-refractivity contribution < 1.29 is 17.7 Å². The van der Waals surface area contributed by atoms with Crippen molar-refractivity contribution in [3.05, 3.63) is 35.7 Å². The van der Waals surface area contributed by atoms with Crippen molar-refractivity contribution in [1.82, 2.24) is 19.3 Å². The fourth-order valence-corrected chi connectivity index (χ4v) is 5.52. The summed E-state index contributed by atoms with van der Waals surface area (Å²) < 4.78 is 30.4. The molecule has 2 saturated heterocycles. The number of carbonyl (C=O) groups is 1. The van der Waals surface area contributed by atoms with Crippen LogP contribution in [0.1, 0.15) is 37.1 Å². The van der Waals surface area contributed by atoms with Crippen molar-refractivity contribution in [2.45, 2.75) is 39.0 Å². The van der Waals surface area contributed by atoms with Crippen LogP contribution in [0, 0.1) is 18.8 Å². The minimum absolute atomic E-state index is 0.0900. The molecule has 168 valence electrons. The fraction of sp³-hybridized carbons (Fsp3) is 0.591. The normalized spacial score (nSPS) is 21.4. The van der Waals surface area contributed by atoms with Crippen molar-refractivity contribution >= 4 is 15.9 Å². The molecule has 2 aliphatic rings. The standard InChI is InChI=1S/C22H30N4O4S/c1-16-6-3-4-8-19(16)21-23-20(30-24-21)14-17-7-5-11-25(15-17)22(27)18-9-12-26(13-10-18)31(2,28)29/h3-4,6,8,17-18H,5,7,9-15H2,1-2H3/t17-/m0/s1. The van der Waals surface area contributed by atoms with Crippen LogP contribution in [0.2, 0.25) is 0 Å². The maximum Gasteiger partial charge on any atom is 0.227 e. The van der Waals surface area contributed by atoms with Gasteiger partial charge in [-0.2, -0.15) is 4.98 Å². The Labute approximate surface area is 183 Å². The molecule has 1 atom stereocenters. The first-order valence-electron chi connectivity index (χ1n) is 10.9. The van der Waals surface area contributed by atoms with Crippen molar-refractivity contribution in [2.24, 2.45) is 11.8 Å². The van der Waals surface area contributed by atoms with Crippen LogP contribution in [0.25, 0.3) is 11.4 Å². The summed E-state index contributed by atoms with van der Waals surface area (Å²) in [5.41, 5.74) is 2.07. The zero-order chi connectivity index (χ0) is 22.0. The van der Waals surface area contributed by atoms with Gasteiger partial charge in [0, 0.05) is 44.1 Å². The number of amides is 1. The van der Waals surface area contributed by atoms with Gasteiger partial charge in [-0.1, -0.05) is 29.4 Å². The number of piperidine rings is 2. The Morgan fingerprint density at radius 2 is 1.90 bits per heavy atom. The van der Waals surface area contributed by atoms with Crippen LogP contribution in [0.5, 0.6) is 0 Å². The predicted molar refractivity (Wildman–Crippen MR) is 117 cm³/mol. The lowest BCUT2D eigenvalue weighted by atomic mass is 9.91. The third-order valence-electron chi connectivity index (χ3n) is 6.42. The van der Waals surface area contributed by atoms with Gasteiger partial charge in [-0.3, -0.25) is 4.79 Å². The Hall–Kier alpha value is -2.26. The van der Waals surface area contributed by atoms with E-state index in [0.29, 0.717) is 56.5 Å². The number of benzene rings is 1. The van der Waals surface area contributed by atoms with E-state index in [1.165, 1.54) is 10.6 Å². The van der Waals surface area contributed by atoms with Gasteiger partial charge in [0.05, 0.1) is 6.26 Å². The van der Waals surface area contributed by atoms with E-state index in [0.717, 1.165) is 30.5 Å². The lowest BCUT2D eigenvalue weighted by Gasteiger charge is -2.37. The lowest BCUT2D eigenvalue weighted by molar-refractivity contribution is -0.138. The van der Waals surface area contributed by atoms with Gasteiger partial charge in [0.2, 0.25) is 27.6 Å². The molecule has 1 aromatic carbocycles. The van der Waals surface area contributed by atoms with Gasteiger partial charge in [0.25, 0.3) is 0 Å². The second kappa shape index (κ2) is 9.08. The Morgan fingerprint density at radius 3 is 2.61 bits per heavy atom. The molecule has 1 amide bonds. The molecule has 0 radical (unpaired) electrons. The van der Waals surface area contributed by atoms with Crippen LogP contribution in [0.15, 0.2) is 28.8 Å². The van der Waals surface area contributed by atoms with Gasteiger partial charge in [0.15, 0.2) is 0 Å². The Kier molecular flexibility index (Phi) is 6.43. The van der Waals surface area contributed by atoms with E-state index < -0.39 is 10.0 Å². The molecule has 0 unspecified atom stereocenters. The van der Waals surface area contributed by atoms with Gasteiger partial charge in [-0.15, -0.1) is 0 Å². The zero-order valence-corrected chi connectivity index (χ0v) is 19.0. The molecule has 2 aliphatic heterocycles. The quantitative estimate of drug-likeness (QED) is 0.700. The van der Waals surface area contributed by atoms with E-state index in [1.54, 1.807) is 0 Å².